The normalized spacial score (nSPS) is 14.6. The van der Waals surface area contributed by atoms with Crippen molar-refractivity contribution >= 4 is 25.7 Å². The van der Waals surface area contributed by atoms with Crippen LogP contribution in [-0.4, -0.2) is 66.5 Å². The maximum atomic E-state index is 12.9. The highest BCUT2D eigenvalue weighted by atomic mass is 31.2. The van der Waals surface area contributed by atoms with Crippen LogP contribution in [0.2, 0.25) is 0 Å². The van der Waals surface area contributed by atoms with Crippen LogP contribution in [-0.2, 0) is 42.2 Å². The number of rotatable bonds is 53. The maximum absolute atomic E-state index is 12.9. The van der Waals surface area contributed by atoms with Crippen LogP contribution < -0.4 is 0 Å². The molecule has 82 heavy (non-hydrogen) atoms. The zero-order valence-electron chi connectivity index (χ0n) is 50.4. The Bertz CT molecular complexity index is 2120. The zero-order chi connectivity index (χ0) is 59.8. The summed E-state index contributed by atoms with van der Waals surface area (Å²) in [4.78, 5) is 48.6. The molecule has 456 valence electrons. The first kappa shape index (κ1) is 76.3. The minimum atomic E-state index is -4.81. The first-order valence-corrected chi connectivity index (χ1v) is 31.8. The predicted octanol–water partition coefficient (Wildman–Crippen LogP) is 18.6. The highest BCUT2D eigenvalue weighted by molar-refractivity contribution is 7.47. The van der Waals surface area contributed by atoms with E-state index in [2.05, 4.69) is 191 Å². The van der Waals surface area contributed by atoms with E-state index in [0.29, 0.717) is 25.7 Å². The quantitative estimate of drug-likeness (QED) is 0.0197. The highest BCUT2D eigenvalue weighted by Gasteiger charge is 2.28. The van der Waals surface area contributed by atoms with Gasteiger partial charge in [-0.2, -0.15) is 0 Å². The molecule has 0 spiro atoms. The molecule has 0 aliphatic heterocycles. The molecule has 0 aromatic heterocycles. The van der Waals surface area contributed by atoms with E-state index in [0.717, 1.165) is 122 Å². The molecule has 0 saturated heterocycles. The van der Waals surface area contributed by atoms with Gasteiger partial charge in [-0.05, 0) is 135 Å². The lowest BCUT2D eigenvalue weighted by Gasteiger charge is -2.21. The van der Waals surface area contributed by atoms with E-state index in [9.17, 15) is 28.9 Å². The molecule has 3 unspecified atom stereocenters. The Kier molecular flexibility index (Phi) is 57.1. The van der Waals surface area contributed by atoms with Crippen LogP contribution in [0.3, 0.4) is 0 Å². The summed E-state index contributed by atoms with van der Waals surface area (Å²) in [5.74, 6) is -1.72. The number of esters is 3. The number of hydrogen-bond donors (Lipinski definition) is 2. The topological polar surface area (TPSA) is 155 Å². The standard InChI is InChI=1S/C70H105O11P/c1-4-7-10-13-16-19-22-25-28-31-33-36-38-41-44-47-50-53-56-59-68(72)77-63-67(81-70(74)61-58-55-52-49-46-43-40-37-34-32-29-26-23-20-17-14-11-8-5-2)65-79-82(75,76)78-64-66(62-71)80-69(73)60-57-54-51-48-45-42-39-35-30-27-24-21-18-15-12-9-6-3/h7-12,16-21,25-30,33-34,36-37,39,41-44,46,50,52-53,55,66-67,71H,4-6,13-15,22-24,31-32,35,38,40,45,47-49,51,54,56-65H2,1-3H3,(H,75,76)/b10-7-,11-8-,12-9-,19-16-,20-17-,21-18-,28-25-,29-26-,30-27-,36-33-,37-34-,42-39-,44-41-,46-43-,53-50-,55-52-. The molecular formula is C70H105O11P. The fraction of sp³-hybridized carbons (Fsp3) is 0.500. The molecule has 0 amide bonds. The first-order valence-electron chi connectivity index (χ1n) is 30.3. The van der Waals surface area contributed by atoms with Gasteiger partial charge in [-0.25, -0.2) is 4.57 Å². The van der Waals surface area contributed by atoms with Crippen LogP contribution in [0.15, 0.2) is 194 Å². The van der Waals surface area contributed by atoms with E-state index in [-0.39, 0.29) is 19.3 Å². The van der Waals surface area contributed by atoms with Gasteiger partial charge in [0.25, 0.3) is 0 Å². The van der Waals surface area contributed by atoms with Gasteiger partial charge in [0.15, 0.2) is 6.10 Å². The van der Waals surface area contributed by atoms with Crippen molar-refractivity contribution in [2.75, 3.05) is 26.4 Å². The Hall–Kier alpha value is -5.68. The zero-order valence-corrected chi connectivity index (χ0v) is 51.3. The fourth-order valence-corrected chi connectivity index (χ4v) is 7.83. The summed E-state index contributed by atoms with van der Waals surface area (Å²) >= 11 is 0. The lowest BCUT2D eigenvalue weighted by atomic mass is 10.1. The third kappa shape index (κ3) is 59.0. The minimum absolute atomic E-state index is 0.0121. The smallest absolute Gasteiger partial charge is 0.462 e. The SMILES string of the molecule is CC/C=C\C/C=C\C/C=C\C/C=C\C/C=C\C/C=C\CCC(=O)OCC(COP(=O)(O)OCC(CO)OC(=O)CCCCCC/C=C\C/C=C\C/C=C\C/C=C\CC)OC(=O)CC/C=C\C/C=C\C/C=C\C/C=C\C/C=C\C/C=C\CC. The molecule has 3 atom stereocenters. The first-order chi connectivity index (χ1) is 40.2. The molecule has 0 rings (SSSR count). The van der Waals surface area contributed by atoms with Gasteiger partial charge in [0.2, 0.25) is 0 Å². The average Bonchev–Trinajstić information content (AvgIpc) is 3.47. The van der Waals surface area contributed by atoms with Crippen LogP contribution >= 0.6 is 7.82 Å². The lowest BCUT2D eigenvalue weighted by Crippen LogP contribution is -2.30. The van der Waals surface area contributed by atoms with E-state index in [4.69, 9.17) is 23.3 Å². The Balaban J connectivity index is 4.99. The molecule has 0 radical (unpaired) electrons. The molecule has 0 aliphatic rings. The van der Waals surface area contributed by atoms with Gasteiger partial charge in [-0.3, -0.25) is 23.4 Å². The number of ether oxygens (including phenoxy) is 3. The molecule has 0 aromatic carbocycles. The summed E-state index contributed by atoms with van der Waals surface area (Å²) in [5.41, 5.74) is 0. The summed E-state index contributed by atoms with van der Waals surface area (Å²) in [7, 11) is -4.81. The van der Waals surface area contributed by atoms with Crippen molar-refractivity contribution in [2.45, 2.75) is 200 Å². The number of aliphatic hydroxyl groups excluding tert-OH is 1. The number of phosphoric acid groups is 1. The Morgan fingerprint density at radius 1 is 0.341 bits per heavy atom. The predicted molar refractivity (Wildman–Crippen MR) is 343 cm³/mol. The molecule has 0 saturated carbocycles. The summed E-state index contributed by atoms with van der Waals surface area (Å²) < 4.78 is 39.4. The van der Waals surface area contributed by atoms with E-state index in [1.54, 1.807) is 0 Å². The Labute approximate surface area is 496 Å². The number of carbonyl (C=O) groups excluding carboxylic acids is 3. The lowest BCUT2D eigenvalue weighted by molar-refractivity contribution is -0.161. The number of hydrogen-bond acceptors (Lipinski definition) is 10. The molecule has 11 nitrogen and oxygen atoms in total. The van der Waals surface area contributed by atoms with Crippen molar-refractivity contribution in [2.24, 2.45) is 0 Å². The minimum Gasteiger partial charge on any atom is -0.462 e. The molecule has 12 heteroatoms. The van der Waals surface area contributed by atoms with Gasteiger partial charge < -0.3 is 24.2 Å². The molecule has 2 N–H and O–H groups in total. The third-order valence-electron chi connectivity index (χ3n) is 11.5. The van der Waals surface area contributed by atoms with Gasteiger partial charge in [0.1, 0.15) is 12.7 Å². The molecule has 0 aromatic rings. The number of allylic oxidation sites excluding steroid dienone is 32. The van der Waals surface area contributed by atoms with Crippen molar-refractivity contribution in [1.82, 2.24) is 0 Å². The second-order valence-electron chi connectivity index (χ2n) is 19.0. The number of unbranched alkanes of at least 4 members (excludes halogenated alkanes) is 4. The summed E-state index contributed by atoms with van der Waals surface area (Å²) in [6.45, 7) is 4.07. The van der Waals surface area contributed by atoms with Gasteiger partial charge >= 0.3 is 25.7 Å². The average molecular weight is 1150 g/mol. The van der Waals surface area contributed by atoms with E-state index < -0.39 is 64.4 Å². The third-order valence-corrected chi connectivity index (χ3v) is 12.5. The summed E-state index contributed by atoms with van der Waals surface area (Å²) in [6, 6.07) is 0. The molecule has 0 fully saturated rings. The van der Waals surface area contributed by atoms with Crippen LogP contribution in [0, 0.1) is 0 Å². The van der Waals surface area contributed by atoms with Crippen molar-refractivity contribution in [3.05, 3.63) is 194 Å². The van der Waals surface area contributed by atoms with Gasteiger partial charge in [-0.15, -0.1) is 0 Å². The van der Waals surface area contributed by atoms with Crippen molar-refractivity contribution in [3.63, 3.8) is 0 Å². The summed E-state index contributed by atoms with van der Waals surface area (Å²) in [5, 5.41) is 9.84. The molecule has 0 heterocycles. The number of phosphoric ester groups is 1. The van der Waals surface area contributed by atoms with Crippen LogP contribution in [0.25, 0.3) is 0 Å². The second-order valence-corrected chi connectivity index (χ2v) is 20.5. The van der Waals surface area contributed by atoms with E-state index >= 15 is 0 Å². The highest BCUT2D eigenvalue weighted by Crippen LogP contribution is 2.43. The largest absolute Gasteiger partial charge is 0.472 e. The summed E-state index contributed by atoms with van der Waals surface area (Å²) in [6.07, 6.45) is 85.6. The van der Waals surface area contributed by atoms with Crippen molar-refractivity contribution in [1.29, 1.82) is 0 Å². The second kappa shape index (κ2) is 61.4. The van der Waals surface area contributed by atoms with E-state index in [1.165, 1.54) is 0 Å². The van der Waals surface area contributed by atoms with Crippen LogP contribution in [0.5, 0.6) is 0 Å². The van der Waals surface area contributed by atoms with Crippen LogP contribution in [0.4, 0.5) is 0 Å². The molecule has 0 bridgehead atoms. The fourth-order valence-electron chi connectivity index (χ4n) is 7.04. The van der Waals surface area contributed by atoms with Crippen molar-refractivity contribution < 1.29 is 52.2 Å². The number of aliphatic hydroxyl groups is 1. The monoisotopic (exact) mass is 1150 g/mol. The molecular weight excluding hydrogens is 1050 g/mol. The van der Waals surface area contributed by atoms with Crippen LogP contribution in [0.1, 0.15) is 188 Å². The number of carbonyl (C=O) groups is 3. The van der Waals surface area contributed by atoms with Crippen molar-refractivity contribution in [3.8, 4) is 0 Å². The van der Waals surface area contributed by atoms with Gasteiger partial charge in [-0.1, -0.05) is 228 Å². The molecule has 0 aliphatic carbocycles. The maximum Gasteiger partial charge on any atom is 0.472 e. The Morgan fingerprint density at radius 2 is 0.622 bits per heavy atom. The van der Waals surface area contributed by atoms with Gasteiger partial charge in [0.05, 0.1) is 19.8 Å². The van der Waals surface area contributed by atoms with Gasteiger partial charge in [0, 0.05) is 19.3 Å². The van der Waals surface area contributed by atoms with E-state index in [1.807, 2.05) is 24.3 Å². The Morgan fingerprint density at radius 3 is 0.976 bits per heavy atom.